The number of nitrogens with one attached hydrogen (secondary N) is 1. The molecule has 0 amide bonds. The van der Waals surface area contributed by atoms with E-state index in [9.17, 15) is 5.11 Å². The van der Waals surface area contributed by atoms with E-state index in [0.29, 0.717) is 31.9 Å². The van der Waals surface area contributed by atoms with Gasteiger partial charge in [-0.2, -0.15) is 0 Å². The van der Waals surface area contributed by atoms with Crippen molar-refractivity contribution < 1.29 is 14.6 Å². The summed E-state index contributed by atoms with van der Waals surface area (Å²) in [6.45, 7) is 1.06. The Kier molecular flexibility index (Phi) is 5.90. The Balaban J connectivity index is 1.33. The Hall–Kier alpha value is -3.92. The van der Waals surface area contributed by atoms with Gasteiger partial charge in [0.1, 0.15) is 29.2 Å². The van der Waals surface area contributed by atoms with Crippen molar-refractivity contribution in [1.82, 2.24) is 9.97 Å². The summed E-state index contributed by atoms with van der Waals surface area (Å²) >= 11 is 0. The minimum atomic E-state index is -0.984. The minimum absolute atomic E-state index is 0.527. The summed E-state index contributed by atoms with van der Waals surface area (Å²) in [4.78, 5) is 8.80. The number of para-hydroxylation sites is 1. The molecule has 0 aliphatic carbocycles. The predicted molar refractivity (Wildman–Crippen MR) is 128 cm³/mol. The van der Waals surface area contributed by atoms with Crippen molar-refractivity contribution in [3.05, 3.63) is 84.7 Å². The van der Waals surface area contributed by atoms with Gasteiger partial charge in [-0.25, -0.2) is 9.97 Å². The second-order valence-corrected chi connectivity index (χ2v) is 7.91. The summed E-state index contributed by atoms with van der Waals surface area (Å²) in [6, 6.07) is 23.2. The predicted octanol–water partition coefficient (Wildman–Crippen LogP) is 5.06. The first-order chi connectivity index (χ1) is 16.2. The quantitative estimate of drug-likeness (QED) is 0.435. The number of nitrogens with zero attached hydrogens (tertiary/aromatic N) is 2. The normalized spacial score (nSPS) is 14.8. The van der Waals surface area contributed by atoms with Gasteiger partial charge in [0.25, 0.3) is 0 Å². The lowest BCUT2D eigenvalue weighted by Gasteiger charge is -2.26. The van der Waals surface area contributed by atoms with E-state index >= 15 is 0 Å². The average Bonchev–Trinajstić information content (AvgIpc) is 2.85. The van der Waals surface area contributed by atoms with E-state index in [4.69, 9.17) is 9.47 Å². The highest BCUT2D eigenvalue weighted by molar-refractivity contribution is 5.91. The van der Waals surface area contributed by atoms with Crippen LogP contribution in [0.1, 0.15) is 18.4 Å². The van der Waals surface area contributed by atoms with Crippen LogP contribution in [0.5, 0.6) is 11.5 Å². The van der Waals surface area contributed by atoms with E-state index in [0.717, 1.165) is 33.7 Å². The average molecular weight is 437 g/mol. The third-order valence-corrected chi connectivity index (χ3v) is 5.49. The number of aromatic nitrogens is 2. The maximum absolute atomic E-state index is 10.6. The van der Waals surface area contributed by atoms with E-state index in [-0.39, 0.29) is 0 Å². The van der Waals surface area contributed by atoms with Gasteiger partial charge in [-0.1, -0.05) is 30.0 Å². The first-order valence-electron chi connectivity index (χ1n) is 10.9. The molecule has 0 bridgehead atoms. The summed E-state index contributed by atoms with van der Waals surface area (Å²) in [7, 11) is 0. The van der Waals surface area contributed by atoms with Crippen LogP contribution in [0, 0.1) is 11.8 Å². The van der Waals surface area contributed by atoms with Crippen LogP contribution >= 0.6 is 0 Å². The smallest absolute Gasteiger partial charge is 0.141 e. The van der Waals surface area contributed by atoms with Crippen molar-refractivity contribution in [2.24, 2.45) is 0 Å². The van der Waals surface area contributed by atoms with Gasteiger partial charge in [0.2, 0.25) is 0 Å². The van der Waals surface area contributed by atoms with Crippen LogP contribution in [0.2, 0.25) is 0 Å². The number of rotatable bonds is 4. The summed E-state index contributed by atoms with van der Waals surface area (Å²) in [5.74, 6) is 8.36. The van der Waals surface area contributed by atoms with E-state index in [1.165, 1.54) is 6.33 Å². The highest BCUT2D eigenvalue weighted by atomic mass is 16.5. The number of benzene rings is 3. The Morgan fingerprint density at radius 1 is 0.909 bits per heavy atom. The van der Waals surface area contributed by atoms with Gasteiger partial charge >= 0.3 is 0 Å². The molecule has 0 atom stereocenters. The highest BCUT2D eigenvalue weighted by Crippen LogP contribution is 2.27. The molecule has 33 heavy (non-hydrogen) atoms. The number of aliphatic hydroxyl groups is 1. The Morgan fingerprint density at radius 3 is 2.45 bits per heavy atom. The molecule has 1 aliphatic heterocycles. The Morgan fingerprint density at radius 2 is 1.67 bits per heavy atom. The molecule has 1 aliphatic rings. The van der Waals surface area contributed by atoms with Crippen molar-refractivity contribution in [1.29, 1.82) is 0 Å². The molecule has 4 aromatic rings. The number of anilines is 2. The molecule has 0 spiro atoms. The fraction of sp³-hybridized carbons (Fsp3) is 0.185. The molecule has 6 nitrogen and oxygen atoms in total. The standard InChI is InChI=1S/C27H23N3O3/c31-27(14-16-32-17-15-27)13-12-20-6-11-24-25(18-20)28-19-29-26(24)30-21-7-9-23(10-8-21)33-22-4-2-1-3-5-22/h1-11,18-19,31H,14-17H2,(H,28,29,30). The van der Waals surface area contributed by atoms with Gasteiger partial charge in [-0.05, 0) is 54.6 Å². The summed E-state index contributed by atoms with van der Waals surface area (Å²) in [5.41, 5.74) is 1.49. The van der Waals surface area contributed by atoms with E-state index < -0.39 is 5.60 Å². The molecule has 3 aromatic carbocycles. The van der Waals surface area contributed by atoms with Crippen LogP contribution in [0.3, 0.4) is 0 Å². The summed E-state index contributed by atoms with van der Waals surface area (Å²) < 4.78 is 11.2. The lowest BCUT2D eigenvalue weighted by atomic mass is 9.95. The number of ether oxygens (including phenoxy) is 2. The first-order valence-corrected chi connectivity index (χ1v) is 10.9. The molecule has 2 heterocycles. The van der Waals surface area contributed by atoms with E-state index in [2.05, 4.69) is 27.1 Å². The van der Waals surface area contributed by atoms with Crippen molar-refractivity contribution in [2.75, 3.05) is 18.5 Å². The van der Waals surface area contributed by atoms with Gasteiger partial charge in [0.05, 0.1) is 18.7 Å². The molecule has 6 heteroatoms. The van der Waals surface area contributed by atoms with Crippen molar-refractivity contribution >= 4 is 22.4 Å². The molecular weight excluding hydrogens is 414 g/mol. The molecule has 5 rings (SSSR count). The zero-order valence-electron chi connectivity index (χ0n) is 18.0. The van der Waals surface area contributed by atoms with Gasteiger partial charge in [-0.15, -0.1) is 0 Å². The molecule has 1 fully saturated rings. The molecule has 0 unspecified atom stereocenters. The number of hydrogen-bond acceptors (Lipinski definition) is 6. The van der Waals surface area contributed by atoms with Gasteiger partial charge in [0, 0.05) is 29.5 Å². The lowest BCUT2D eigenvalue weighted by Crippen LogP contribution is -2.34. The van der Waals surface area contributed by atoms with Crippen molar-refractivity contribution in [3.63, 3.8) is 0 Å². The molecule has 1 saturated heterocycles. The van der Waals surface area contributed by atoms with Crippen LogP contribution in [-0.4, -0.2) is 33.9 Å². The van der Waals surface area contributed by atoms with Crippen molar-refractivity contribution in [3.8, 4) is 23.3 Å². The van der Waals surface area contributed by atoms with Gasteiger partial charge in [0.15, 0.2) is 0 Å². The first kappa shape index (κ1) is 21.0. The van der Waals surface area contributed by atoms with Crippen LogP contribution in [0.25, 0.3) is 10.9 Å². The van der Waals surface area contributed by atoms with Crippen LogP contribution in [-0.2, 0) is 4.74 Å². The molecule has 0 radical (unpaired) electrons. The fourth-order valence-electron chi connectivity index (χ4n) is 3.62. The largest absolute Gasteiger partial charge is 0.457 e. The number of fused-ring (bicyclic) bond motifs is 1. The SMILES string of the molecule is OC1(C#Cc2ccc3c(Nc4ccc(Oc5ccccc5)cc4)ncnc3c2)CCOCC1. The molecular formula is C27H23N3O3. The maximum Gasteiger partial charge on any atom is 0.141 e. The highest BCUT2D eigenvalue weighted by Gasteiger charge is 2.27. The van der Waals surface area contributed by atoms with Gasteiger partial charge in [-0.3, -0.25) is 0 Å². The second kappa shape index (κ2) is 9.29. The molecule has 1 aromatic heterocycles. The summed E-state index contributed by atoms with van der Waals surface area (Å²) in [5, 5.41) is 14.8. The molecule has 2 N–H and O–H groups in total. The maximum atomic E-state index is 10.6. The van der Waals surface area contributed by atoms with Crippen LogP contribution in [0.4, 0.5) is 11.5 Å². The Labute approximate surface area is 192 Å². The molecule has 164 valence electrons. The van der Waals surface area contributed by atoms with Crippen LogP contribution < -0.4 is 10.1 Å². The van der Waals surface area contributed by atoms with Gasteiger partial charge < -0.3 is 19.9 Å². The minimum Gasteiger partial charge on any atom is -0.457 e. The third-order valence-electron chi connectivity index (χ3n) is 5.49. The fourth-order valence-corrected chi connectivity index (χ4v) is 3.62. The second-order valence-electron chi connectivity index (χ2n) is 7.91. The van der Waals surface area contributed by atoms with Crippen LogP contribution in [0.15, 0.2) is 79.1 Å². The zero-order valence-corrected chi connectivity index (χ0v) is 18.0. The zero-order chi connectivity index (χ0) is 22.5. The van der Waals surface area contributed by atoms with E-state index in [1.54, 1.807) is 0 Å². The third kappa shape index (κ3) is 5.12. The topological polar surface area (TPSA) is 76.5 Å². The monoisotopic (exact) mass is 437 g/mol. The lowest BCUT2D eigenvalue weighted by molar-refractivity contribution is -0.0261. The Bertz CT molecular complexity index is 1310. The summed E-state index contributed by atoms with van der Waals surface area (Å²) in [6.07, 6.45) is 2.58. The molecule has 0 saturated carbocycles. The van der Waals surface area contributed by atoms with E-state index in [1.807, 2.05) is 72.8 Å². The van der Waals surface area contributed by atoms with Crippen molar-refractivity contribution in [2.45, 2.75) is 18.4 Å². The number of hydrogen-bond donors (Lipinski definition) is 2.